The molecule has 5 aromatic rings. The second-order valence-electron chi connectivity index (χ2n) is 7.77. The lowest BCUT2D eigenvalue weighted by Crippen LogP contribution is -2.07. The zero-order valence-corrected chi connectivity index (χ0v) is 19.3. The van der Waals surface area contributed by atoms with Crippen molar-refractivity contribution >= 4 is 38.8 Å². The minimum atomic E-state index is -0.463. The molecule has 2 aromatic heterocycles. The summed E-state index contributed by atoms with van der Waals surface area (Å²) in [5, 5.41) is 18.7. The number of hydrazone groups is 1. The van der Waals surface area contributed by atoms with Gasteiger partial charge in [-0.25, -0.2) is 9.78 Å². The molecule has 0 aliphatic carbocycles. The van der Waals surface area contributed by atoms with Crippen molar-refractivity contribution in [1.82, 2.24) is 4.98 Å². The topological polar surface area (TPSA) is 111 Å². The quantitative estimate of drug-likeness (QED) is 0.138. The first-order valence-electron chi connectivity index (χ1n) is 10.6. The Morgan fingerprint density at radius 1 is 1.03 bits per heavy atom. The van der Waals surface area contributed by atoms with Gasteiger partial charge in [-0.15, -0.1) is 11.3 Å². The highest BCUT2D eigenvalue weighted by molar-refractivity contribution is 7.14. The number of benzene rings is 3. The van der Waals surface area contributed by atoms with Crippen molar-refractivity contribution in [2.75, 3.05) is 5.43 Å². The predicted octanol–water partition coefficient (Wildman–Crippen LogP) is 6.00. The molecule has 172 valence electrons. The van der Waals surface area contributed by atoms with Gasteiger partial charge in [-0.3, -0.25) is 15.5 Å². The number of fused-ring (bicyclic) bond motifs is 1. The third-order valence-electron chi connectivity index (χ3n) is 5.36. The van der Waals surface area contributed by atoms with E-state index in [0.29, 0.717) is 33.2 Å². The Morgan fingerprint density at radius 2 is 1.71 bits per heavy atom. The minimum absolute atomic E-state index is 0.00347. The van der Waals surface area contributed by atoms with Gasteiger partial charge in [0.25, 0.3) is 5.69 Å². The van der Waals surface area contributed by atoms with Crippen molar-refractivity contribution in [2.45, 2.75) is 6.92 Å². The van der Waals surface area contributed by atoms with Crippen LogP contribution in [-0.2, 0) is 0 Å². The summed E-state index contributed by atoms with van der Waals surface area (Å²) in [4.78, 5) is 27.6. The van der Waals surface area contributed by atoms with Crippen LogP contribution in [0.15, 0.2) is 98.6 Å². The molecule has 0 saturated carbocycles. The molecule has 5 rings (SSSR count). The Labute approximate surface area is 203 Å². The number of para-hydroxylation sites is 1. The molecule has 0 amide bonds. The van der Waals surface area contributed by atoms with Gasteiger partial charge < -0.3 is 4.42 Å². The van der Waals surface area contributed by atoms with Gasteiger partial charge in [-0.2, -0.15) is 5.10 Å². The maximum absolute atomic E-state index is 12.5. The van der Waals surface area contributed by atoms with E-state index >= 15 is 0 Å². The third-order valence-corrected chi connectivity index (χ3v) is 6.11. The summed E-state index contributed by atoms with van der Waals surface area (Å²) < 4.78 is 5.42. The van der Waals surface area contributed by atoms with Crippen molar-refractivity contribution in [1.29, 1.82) is 0 Å². The van der Waals surface area contributed by atoms with Gasteiger partial charge in [0.05, 0.1) is 21.9 Å². The van der Waals surface area contributed by atoms with E-state index in [1.165, 1.54) is 23.5 Å². The molecule has 0 aliphatic rings. The summed E-state index contributed by atoms with van der Waals surface area (Å²) in [6.45, 7) is 1.99. The molecule has 3 aromatic carbocycles. The van der Waals surface area contributed by atoms with Gasteiger partial charge in [0.2, 0.25) is 5.13 Å². The van der Waals surface area contributed by atoms with Crippen LogP contribution in [0.3, 0.4) is 0 Å². The van der Waals surface area contributed by atoms with E-state index in [9.17, 15) is 14.9 Å². The molecule has 0 bridgehead atoms. The van der Waals surface area contributed by atoms with E-state index in [1.54, 1.807) is 29.6 Å². The molecule has 1 N–H and O–H groups in total. The molecule has 0 saturated heterocycles. The first-order chi connectivity index (χ1) is 17.0. The summed E-state index contributed by atoms with van der Waals surface area (Å²) in [6.07, 6.45) is 0. The highest BCUT2D eigenvalue weighted by Gasteiger charge is 2.13. The molecule has 0 fully saturated rings. The summed E-state index contributed by atoms with van der Waals surface area (Å²) in [7, 11) is 0. The summed E-state index contributed by atoms with van der Waals surface area (Å²) in [6, 6.07) is 23.1. The molecule has 35 heavy (non-hydrogen) atoms. The maximum atomic E-state index is 12.5. The molecular formula is C26H18N4O4S. The van der Waals surface area contributed by atoms with Crippen LogP contribution in [0, 0.1) is 17.0 Å². The Balaban J connectivity index is 1.48. The van der Waals surface area contributed by atoms with Crippen molar-refractivity contribution < 1.29 is 9.34 Å². The number of hydrogen-bond donors (Lipinski definition) is 1. The van der Waals surface area contributed by atoms with Crippen molar-refractivity contribution in [3.05, 3.63) is 121 Å². The van der Waals surface area contributed by atoms with Crippen molar-refractivity contribution in [3.8, 4) is 11.3 Å². The predicted molar refractivity (Wildman–Crippen MR) is 137 cm³/mol. The number of nitro benzene ring substituents is 1. The smallest absolute Gasteiger partial charge is 0.345 e. The van der Waals surface area contributed by atoms with E-state index < -0.39 is 10.5 Å². The van der Waals surface area contributed by atoms with E-state index in [4.69, 9.17) is 4.42 Å². The number of hydrogen-bond acceptors (Lipinski definition) is 8. The van der Waals surface area contributed by atoms with Crippen LogP contribution in [0.25, 0.3) is 22.2 Å². The van der Waals surface area contributed by atoms with Gasteiger partial charge in [0.15, 0.2) is 0 Å². The Morgan fingerprint density at radius 3 is 2.43 bits per heavy atom. The van der Waals surface area contributed by atoms with Crippen LogP contribution in [0.2, 0.25) is 0 Å². The lowest BCUT2D eigenvalue weighted by Gasteiger charge is -2.08. The van der Waals surface area contributed by atoms with Crippen LogP contribution in [0.5, 0.6) is 0 Å². The molecule has 0 spiro atoms. The van der Waals surface area contributed by atoms with E-state index in [0.717, 1.165) is 16.5 Å². The number of nitrogens with one attached hydrogen (secondary N) is 1. The average Bonchev–Trinajstić information content (AvgIpc) is 3.34. The molecule has 0 atom stereocenters. The summed E-state index contributed by atoms with van der Waals surface area (Å²) in [5.74, 6) is 0. The van der Waals surface area contributed by atoms with Crippen LogP contribution < -0.4 is 11.1 Å². The third kappa shape index (κ3) is 4.71. The molecule has 0 unspecified atom stereocenters. The fourth-order valence-electron chi connectivity index (χ4n) is 3.54. The standard InChI is InChI=1S/C26H18N4O4S/c1-16-6-8-17(9-7-16)24(18-10-12-20(13-11-18)30(32)33)28-29-26-27-22(15-35-26)21-14-19-4-2-3-5-23(19)34-25(21)31/h2-15H,1H3,(H,27,29)/b28-24-. The number of nitro groups is 1. The van der Waals surface area contributed by atoms with Gasteiger partial charge in [-0.05, 0) is 31.2 Å². The summed E-state index contributed by atoms with van der Waals surface area (Å²) in [5.41, 5.74) is 7.12. The number of anilines is 1. The van der Waals surface area contributed by atoms with Crippen LogP contribution >= 0.6 is 11.3 Å². The number of aryl methyl sites for hydroxylation is 1. The average molecular weight is 483 g/mol. The number of rotatable bonds is 6. The van der Waals surface area contributed by atoms with E-state index in [2.05, 4.69) is 15.5 Å². The Kier molecular flexibility index (Phi) is 5.90. The van der Waals surface area contributed by atoms with E-state index in [-0.39, 0.29) is 5.69 Å². The minimum Gasteiger partial charge on any atom is -0.422 e. The van der Waals surface area contributed by atoms with Gasteiger partial charge in [-0.1, -0.05) is 48.0 Å². The maximum Gasteiger partial charge on any atom is 0.345 e. The molecule has 2 heterocycles. The fraction of sp³-hybridized carbons (Fsp3) is 0.0385. The first-order valence-corrected chi connectivity index (χ1v) is 11.5. The van der Waals surface area contributed by atoms with Crippen LogP contribution in [0.4, 0.5) is 10.8 Å². The largest absolute Gasteiger partial charge is 0.422 e. The first kappa shape index (κ1) is 22.2. The van der Waals surface area contributed by atoms with E-state index in [1.807, 2.05) is 49.4 Å². The second kappa shape index (κ2) is 9.32. The second-order valence-corrected chi connectivity index (χ2v) is 8.62. The normalized spacial score (nSPS) is 11.5. The van der Waals surface area contributed by atoms with Crippen LogP contribution in [0.1, 0.15) is 16.7 Å². The number of non-ortho nitro benzene ring substituents is 1. The fourth-order valence-corrected chi connectivity index (χ4v) is 4.19. The zero-order valence-electron chi connectivity index (χ0n) is 18.5. The number of thiazole rings is 1. The van der Waals surface area contributed by atoms with Crippen LogP contribution in [-0.4, -0.2) is 15.6 Å². The number of aromatic nitrogens is 1. The molecule has 8 nitrogen and oxygen atoms in total. The van der Waals surface area contributed by atoms with Gasteiger partial charge >= 0.3 is 5.63 Å². The highest BCUT2D eigenvalue weighted by atomic mass is 32.1. The molecule has 0 aliphatic heterocycles. The van der Waals surface area contributed by atoms with Crippen molar-refractivity contribution in [2.24, 2.45) is 5.10 Å². The Bertz CT molecular complexity index is 1620. The monoisotopic (exact) mass is 482 g/mol. The zero-order chi connectivity index (χ0) is 24.4. The highest BCUT2D eigenvalue weighted by Crippen LogP contribution is 2.26. The molecular weight excluding hydrogens is 464 g/mol. The molecule has 0 radical (unpaired) electrons. The SMILES string of the molecule is Cc1ccc(/C(=N/Nc2nc(-c3cc4ccccc4oc3=O)cs2)c2ccc([N+](=O)[O-])cc2)cc1. The van der Waals surface area contributed by atoms with Gasteiger partial charge in [0, 0.05) is 34.0 Å². The number of nitrogens with zero attached hydrogens (tertiary/aromatic N) is 3. The Hall–Kier alpha value is -4.63. The summed E-state index contributed by atoms with van der Waals surface area (Å²) >= 11 is 1.30. The molecule has 9 heteroatoms. The van der Waals surface area contributed by atoms with Gasteiger partial charge in [0.1, 0.15) is 5.58 Å². The lowest BCUT2D eigenvalue weighted by atomic mass is 10.0. The van der Waals surface area contributed by atoms with Crippen molar-refractivity contribution in [3.63, 3.8) is 0 Å². The lowest BCUT2D eigenvalue weighted by molar-refractivity contribution is -0.384.